The number of nitrogens with one attached hydrogen (secondary N) is 1. The van der Waals surface area contributed by atoms with Gasteiger partial charge in [0, 0.05) is 6.20 Å². The van der Waals surface area contributed by atoms with Gasteiger partial charge in [0.05, 0.1) is 0 Å². The van der Waals surface area contributed by atoms with Crippen molar-refractivity contribution >= 4 is 17.9 Å². The first-order chi connectivity index (χ1) is 4.80. The minimum absolute atomic E-state index is 0.296. The van der Waals surface area contributed by atoms with Gasteiger partial charge in [-0.15, -0.1) is 0 Å². The second kappa shape index (κ2) is 3.51. The van der Waals surface area contributed by atoms with Gasteiger partial charge in [-0.3, -0.25) is 4.79 Å². The summed E-state index contributed by atoms with van der Waals surface area (Å²) in [7, 11) is 0. The molecule has 1 aliphatic heterocycles. The number of carboxylic acids is 1. The van der Waals surface area contributed by atoms with Gasteiger partial charge in [-0.05, 0) is 24.8 Å². The zero-order valence-electron chi connectivity index (χ0n) is 5.41. The summed E-state index contributed by atoms with van der Waals surface area (Å²) in [6, 6.07) is 0. The number of allylic oxidation sites excluding steroid dienone is 1. The molecule has 3 nitrogen and oxygen atoms in total. The van der Waals surface area contributed by atoms with Gasteiger partial charge in [-0.25, -0.2) is 0 Å². The highest BCUT2D eigenvalue weighted by Crippen LogP contribution is 2.16. The van der Waals surface area contributed by atoms with Gasteiger partial charge in [0.15, 0.2) is 0 Å². The lowest BCUT2D eigenvalue weighted by Gasteiger charge is -2.05. The van der Waals surface area contributed by atoms with Crippen molar-refractivity contribution < 1.29 is 9.90 Å². The highest BCUT2D eigenvalue weighted by Gasteiger charge is 2.17. The molecule has 0 fully saturated rings. The van der Waals surface area contributed by atoms with Crippen LogP contribution in [-0.4, -0.2) is 16.3 Å². The van der Waals surface area contributed by atoms with Crippen LogP contribution < -0.4 is 4.72 Å². The summed E-state index contributed by atoms with van der Waals surface area (Å²) in [5, 5.41) is 8.28. The molecule has 0 amide bonds. The van der Waals surface area contributed by atoms with E-state index in [1.807, 2.05) is 6.08 Å². The highest BCUT2D eigenvalue weighted by molar-refractivity contribution is 7.98. The van der Waals surface area contributed by atoms with E-state index in [1.54, 1.807) is 6.20 Å². The molecule has 0 aromatic heterocycles. The Morgan fingerprint density at radius 3 is 3.30 bits per heavy atom. The number of carboxylic acid groups (broad SMARTS) is 1. The molecule has 1 heterocycles. The van der Waals surface area contributed by atoms with Gasteiger partial charge in [0.2, 0.25) is 0 Å². The van der Waals surface area contributed by atoms with E-state index in [4.69, 9.17) is 5.11 Å². The molecule has 0 saturated carbocycles. The van der Waals surface area contributed by atoms with Crippen LogP contribution in [0, 0.1) is 0 Å². The normalized spacial score (nSPS) is 25.0. The first-order valence-electron chi connectivity index (χ1n) is 3.09. The van der Waals surface area contributed by atoms with Crippen LogP contribution in [0.25, 0.3) is 0 Å². The first kappa shape index (κ1) is 7.47. The molecule has 1 aliphatic rings. The summed E-state index contributed by atoms with van der Waals surface area (Å²) in [5.74, 6) is -0.735. The minimum atomic E-state index is -0.735. The van der Waals surface area contributed by atoms with E-state index in [9.17, 15) is 4.79 Å². The number of aliphatic carboxylic acids is 1. The largest absolute Gasteiger partial charge is 0.480 e. The van der Waals surface area contributed by atoms with E-state index in [-0.39, 0.29) is 5.25 Å². The number of rotatable bonds is 1. The zero-order valence-corrected chi connectivity index (χ0v) is 6.23. The van der Waals surface area contributed by atoms with Crippen LogP contribution in [0.1, 0.15) is 12.8 Å². The maximum absolute atomic E-state index is 10.4. The first-order valence-corrected chi connectivity index (χ1v) is 3.97. The average molecular weight is 159 g/mol. The fourth-order valence-electron chi connectivity index (χ4n) is 0.733. The maximum atomic E-state index is 10.4. The minimum Gasteiger partial charge on any atom is -0.480 e. The van der Waals surface area contributed by atoms with Gasteiger partial charge in [0.1, 0.15) is 5.25 Å². The lowest BCUT2D eigenvalue weighted by molar-refractivity contribution is -0.136. The van der Waals surface area contributed by atoms with Gasteiger partial charge in [0.25, 0.3) is 0 Å². The van der Waals surface area contributed by atoms with Gasteiger partial charge in [-0.1, -0.05) is 6.08 Å². The molecule has 10 heavy (non-hydrogen) atoms. The van der Waals surface area contributed by atoms with Gasteiger partial charge in [-0.2, -0.15) is 0 Å². The molecule has 0 aromatic rings. The van der Waals surface area contributed by atoms with Crippen LogP contribution in [0.2, 0.25) is 0 Å². The van der Waals surface area contributed by atoms with Crippen LogP contribution in [0.4, 0.5) is 0 Å². The van der Waals surface area contributed by atoms with E-state index in [0.29, 0.717) is 6.42 Å². The number of carbonyl (C=O) groups is 1. The molecule has 2 N–H and O–H groups in total. The molecule has 0 aliphatic carbocycles. The molecule has 1 unspecified atom stereocenters. The highest BCUT2D eigenvalue weighted by atomic mass is 32.2. The summed E-state index contributed by atoms with van der Waals surface area (Å²) in [6.45, 7) is 0. The molecule has 0 spiro atoms. The number of hydrogen-bond acceptors (Lipinski definition) is 3. The average Bonchev–Trinajstić information content (AvgIpc) is 2.12. The summed E-state index contributed by atoms with van der Waals surface area (Å²) in [4.78, 5) is 10.4. The van der Waals surface area contributed by atoms with Crippen LogP contribution in [0.3, 0.4) is 0 Å². The molecule has 0 saturated heterocycles. The fraction of sp³-hybridized carbons (Fsp3) is 0.500. The van der Waals surface area contributed by atoms with Crippen molar-refractivity contribution in [2.75, 3.05) is 0 Å². The third-order valence-electron chi connectivity index (χ3n) is 1.27. The molecule has 56 valence electrons. The van der Waals surface area contributed by atoms with Crippen molar-refractivity contribution in [3.63, 3.8) is 0 Å². The second-order valence-electron chi connectivity index (χ2n) is 2.04. The molecule has 0 bridgehead atoms. The lowest BCUT2D eigenvalue weighted by Crippen LogP contribution is -2.17. The Kier molecular flexibility index (Phi) is 2.62. The molecular formula is C6H9NO2S. The Balaban J connectivity index is 2.41. The molecule has 4 heteroatoms. The van der Waals surface area contributed by atoms with E-state index in [2.05, 4.69) is 4.72 Å². The Labute approximate surface area is 63.6 Å². The SMILES string of the molecule is O=C(O)C1CCC=CNS1. The van der Waals surface area contributed by atoms with E-state index < -0.39 is 5.97 Å². The van der Waals surface area contributed by atoms with Gasteiger partial charge >= 0.3 is 5.97 Å². The second-order valence-corrected chi connectivity index (χ2v) is 3.08. The molecule has 1 atom stereocenters. The smallest absolute Gasteiger partial charge is 0.318 e. The Hall–Kier alpha value is -0.640. The Bertz CT molecular complexity index is 148. The van der Waals surface area contributed by atoms with E-state index in [0.717, 1.165) is 6.42 Å². The Morgan fingerprint density at radius 1 is 1.80 bits per heavy atom. The third-order valence-corrected chi connectivity index (χ3v) is 2.26. The maximum Gasteiger partial charge on any atom is 0.318 e. The van der Waals surface area contributed by atoms with Crippen molar-refractivity contribution in [3.8, 4) is 0 Å². The van der Waals surface area contributed by atoms with Crippen LogP contribution in [0.15, 0.2) is 12.3 Å². The molecule has 1 rings (SSSR count). The standard InChI is InChI=1S/C6H9NO2S/c8-6(9)5-3-1-2-4-7-10-5/h2,4-5,7H,1,3H2,(H,8,9). The predicted octanol–water partition coefficient (Wildman–Crippen LogP) is 0.985. The van der Waals surface area contributed by atoms with Crippen LogP contribution in [0.5, 0.6) is 0 Å². The van der Waals surface area contributed by atoms with Crippen molar-refractivity contribution in [1.82, 2.24) is 4.72 Å². The predicted molar refractivity (Wildman–Crippen MR) is 40.5 cm³/mol. The summed E-state index contributed by atoms with van der Waals surface area (Å²) in [6.07, 6.45) is 5.28. The quantitative estimate of drug-likeness (QED) is 0.560. The van der Waals surface area contributed by atoms with Crippen LogP contribution in [-0.2, 0) is 4.79 Å². The van der Waals surface area contributed by atoms with Crippen molar-refractivity contribution in [1.29, 1.82) is 0 Å². The molecule has 0 radical (unpaired) electrons. The van der Waals surface area contributed by atoms with E-state index >= 15 is 0 Å². The molecule has 0 aromatic carbocycles. The monoisotopic (exact) mass is 159 g/mol. The van der Waals surface area contributed by atoms with Crippen LogP contribution >= 0.6 is 11.9 Å². The summed E-state index contributed by atoms with van der Waals surface area (Å²) in [5.41, 5.74) is 0. The summed E-state index contributed by atoms with van der Waals surface area (Å²) < 4.78 is 2.83. The summed E-state index contributed by atoms with van der Waals surface area (Å²) >= 11 is 1.26. The lowest BCUT2D eigenvalue weighted by atomic mass is 10.2. The van der Waals surface area contributed by atoms with Gasteiger partial charge < -0.3 is 9.83 Å². The topological polar surface area (TPSA) is 49.3 Å². The zero-order chi connectivity index (χ0) is 7.40. The van der Waals surface area contributed by atoms with Crippen molar-refractivity contribution in [2.24, 2.45) is 0 Å². The Morgan fingerprint density at radius 2 is 2.60 bits per heavy atom. The van der Waals surface area contributed by atoms with E-state index in [1.165, 1.54) is 11.9 Å². The fourth-order valence-corrected chi connectivity index (χ4v) is 1.43. The van der Waals surface area contributed by atoms with Crippen molar-refractivity contribution in [2.45, 2.75) is 18.1 Å². The number of hydrogen-bond donors (Lipinski definition) is 2. The van der Waals surface area contributed by atoms with Crippen molar-refractivity contribution in [3.05, 3.63) is 12.3 Å². The third kappa shape index (κ3) is 1.95. The molecular weight excluding hydrogens is 150 g/mol.